The molecule has 0 fully saturated rings. The molecule has 0 radical (unpaired) electrons. The van der Waals surface area contributed by atoms with E-state index in [9.17, 15) is 28.6 Å². The monoisotopic (exact) mass is 511 g/mol. The average molecular weight is 512 g/mol. The zero-order valence-corrected chi connectivity index (χ0v) is 20.1. The fraction of sp³-hybridized carbons (Fsp3) is 0.0833. The van der Waals surface area contributed by atoms with Gasteiger partial charge >= 0.3 is 10.1 Å². The van der Waals surface area contributed by atoms with Crippen LogP contribution in [0.5, 0.6) is 5.75 Å². The summed E-state index contributed by atoms with van der Waals surface area (Å²) in [5.74, 6) is -0.715. The van der Waals surface area contributed by atoms with Gasteiger partial charge in [0.2, 0.25) is 0 Å². The third-order valence-corrected chi connectivity index (χ3v) is 6.45. The van der Waals surface area contributed by atoms with Crippen molar-refractivity contribution < 1.29 is 22.3 Å². The molecule has 0 spiro atoms. The topological polar surface area (TPSA) is 139 Å². The molecule has 0 aliphatic rings. The maximum atomic E-state index is 12.6. The van der Waals surface area contributed by atoms with E-state index in [-0.39, 0.29) is 21.9 Å². The summed E-state index contributed by atoms with van der Waals surface area (Å²) >= 11 is 6.11. The molecule has 1 amide bonds. The lowest BCUT2D eigenvalue weighted by Gasteiger charge is -2.10. The summed E-state index contributed by atoms with van der Waals surface area (Å²) in [4.78, 5) is 22.6. The summed E-state index contributed by atoms with van der Waals surface area (Å²) in [6.45, 7) is 3.26. The maximum Gasteiger partial charge on any atom is 0.339 e. The fourth-order valence-corrected chi connectivity index (χ4v) is 4.24. The lowest BCUT2D eigenvalue weighted by Crippen LogP contribution is -2.14. The largest absolute Gasteiger partial charge is 0.379 e. The number of carbonyl (C=O) groups is 1. The van der Waals surface area contributed by atoms with Gasteiger partial charge in [-0.3, -0.25) is 14.9 Å². The SMILES string of the molecule is Cc1ccc(S(=O)(=O)Oc2ccc(/C=C(\C#N)C(=O)Nc3c(C)cccc3Cl)cc2)cc1[N+](=O)[O-]. The predicted molar refractivity (Wildman–Crippen MR) is 130 cm³/mol. The Hall–Kier alpha value is -4.20. The summed E-state index contributed by atoms with van der Waals surface area (Å²) in [5.41, 5.74) is 1.33. The van der Waals surface area contributed by atoms with Gasteiger partial charge in [0.1, 0.15) is 22.3 Å². The quantitative estimate of drug-likeness (QED) is 0.151. The zero-order valence-electron chi connectivity index (χ0n) is 18.5. The lowest BCUT2D eigenvalue weighted by atomic mass is 10.1. The van der Waals surface area contributed by atoms with E-state index in [1.807, 2.05) is 6.07 Å². The predicted octanol–water partition coefficient (Wildman–Crippen LogP) is 5.18. The number of nitro groups is 1. The number of nitrogens with one attached hydrogen (secondary N) is 1. The third kappa shape index (κ3) is 6.03. The minimum atomic E-state index is -4.33. The molecule has 178 valence electrons. The molecule has 0 saturated heterocycles. The number of anilines is 1. The highest BCUT2D eigenvalue weighted by atomic mass is 35.5. The molecule has 11 heteroatoms. The van der Waals surface area contributed by atoms with Gasteiger partial charge in [0, 0.05) is 11.6 Å². The van der Waals surface area contributed by atoms with Crippen LogP contribution in [0.3, 0.4) is 0 Å². The van der Waals surface area contributed by atoms with Crippen LogP contribution in [-0.2, 0) is 14.9 Å². The molecule has 35 heavy (non-hydrogen) atoms. The maximum absolute atomic E-state index is 12.6. The number of para-hydroxylation sites is 1. The molecule has 0 aliphatic heterocycles. The highest BCUT2D eigenvalue weighted by Crippen LogP contribution is 2.27. The number of aryl methyl sites for hydroxylation is 2. The molecule has 3 aromatic rings. The molecule has 0 bridgehead atoms. The first-order chi connectivity index (χ1) is 16.5. The first-order valence-corrected chi connectivity index (χ1v) is 11.8. The van der Waals surface area contributed by atoms with Crippen LogP contribution in [0.15, 0.2) is 71.1 Å². The van der Waals surface area contributed by atoms with Gasteiger partial charge in [-0.1, -0.05) is 41.9 Å². The molecular formula is C24H18ClN3O6S. The van der Waals surface area contributed by atoms with Gasteiger partial charge in [-0.25, -0.2) is 0 Å². The number of halogens is 1. The van der Waals surface area contributed by atoms with Crippen LogP contribution >= 0.6 is 11.6 Å². The first kappa shape index (κ1) is 25.4. The molecule has 0 atom stereocenters. The number of benzene rings is 3. The third-order valence-electron chi connectivity index (χ3n) is 4.89. The van der Waals surface area contributed by atoms with Crippen molar-refractivity contribution in [1.82, 2.24) is 0 Å². The van der Waals surface area contributed by atoms with Crippen molar-refractivity contribution in [2.24, 2.45) is 0 Å². The van der Waals surface area contributed by atoms with Gasteiger partial charge in [-0.15, -0.1) is 0 Å². The number of rotatable bonds is 7. The molecule has 0 aliphatic carbocycles. The van der Waals surface area contributed by atoms with Crippen molar-refractivity contribution in [2.45, 2.75) is 18.7 Å². The fourth-order valence-electron chi connectivity index (χ4n) is 3.02. The standard InChI is InChI=1S/C24H18ClN3O6S/c1-15-6-11-20(13-22(15)28(30)31)35(32,33)34-19-9-7-17(8-10-19)12-18(14-26)24(29)27-23-16(2)4-3-5-21(23)25/h3-13H,1-2H3,(H,27,29)/b18-12+. The molecule has 0 saturated carbocycles. The highest BCUT2D eigenvalue weighted by molar-refractivity contribution is 7.87. The van der Waals surface area contributed by atoms with Crippen molar-refractivity contribution in [1.29, 1.82) is 5.26 Å². The van der Waals surface area contributed by atoms with E-state index < -0.39 is 20.9 Å². The van der Waals surface area contributed by atoms with Crippen molar-refractivity contribution in [2.75, 3.05) is 5.32 Å². The Morgan fingerprint density at radius 2 is 1.80 bits per heavy atom. The molecular weight excluding hydrogens is 494 g/mol. The summed E-state index contributed by atoms with van der Waals surface area (Å²) < 4.78 is 30.2. The van der Waals surface area contributed by atoms with Crippen LogP contribution in [0, 0.1) is 35.3 Å². The lowest BCUT2D eigenvalue weighted by molar-refractivity contribution is -0.385. The minimum absolute atomic E-state index is 0.0555. The normalized spacial score (nSPS) is 11.4. The number of carbonyl (C=O) groups excluding carboxylic acids is 1. The number of amides is 1. The Morgan fingerprint density at radius 3 is 2.40 bits per heavy atom. The summed E-state index contributed by atoms with van der Waals surface area (Å²) in [6.07, 6.45) is 1.32. The molecule has 9 nitrogen and oxygen atoms in total. The minimum Gasteiger partial charge on any atom is -0.379 e. The Balaban J connectivity index is 1.79. The highest BCUT2D eigenvalue weighted by Gasteiger charge is 2.22. The van der Waals surface area contributed by atoms with Crippen LogP contribution < -0.4 is 9.50 Å². The van der Waals surface area contributed by atoms with E-state index in [4.69, 9.17) is 15.8 Å². The number of nitrogens with zero attached hydrogens (tertiary/aromatic N) is 2. The molecule has 0 heterocycles. The van der Waals surface area contributed by atoms with Crippen molar-refractivity contribution >= 4 is 45.1 Å². The second-order valence-corrected chi connectivity index (χ2v) is 9.32. The second-order valence-electron chi connectivity index (χ2n) is 7.37. The number of hydrogen-bond acceptors (Lipinski definition) is 7. The van der Waals surface area contributed by atoms with E-state index in [1.165, 1.54) is 49.4 Å². The average Bonchev–Trinajstić information content (AvgIpc) is 2.80. The Bertz CT molecular complexity index is 1470. The van der Waals surface area contributed by atoms with E-state index in [1.54, 1.807) is 25.1 Å². The van der Waals surface area contributed by atoms with Gasteiger partial charge in [0.15, 0.2) is 0 Å². The van der Waals surface area contributed by atoms with Crippen LogP contribution in [0.2, 0.25) is 5.02 Å². The second kappa shape index (κ2) is 10.4. The van der Waals surface area contributed by atoms with E-state index in [2.05, 4.69) is 5.32 Å². The van der Waals surface area contributed by atoms with Crippen LogP contribution in [0.4, 0.5) is 11.4 Å². The van der Waals surface area contributed by atoms with E-state index in [0.29, 0.717) is 21.8 Å². The van der Waals surface area contributed by atoms with E-state index in [0.717, 1.165) is 11.6 Å². The number of hydrogen-bond donors (Lipinski definition) is 1. The molecule has 3 aromatic carbocycles. The van der Waals surface area contributed by atoms with Crippen molar-refractivity contribution in [3.63, 3.8) is 0 Å². The van der Waals surface area contributed by atoms with E-state index >= 15 is 0 Å². The van der Waals surface area contributed by atoms with Gasteiger partial charge in [0.05, 0.1) is 15.6 Å². The Kier molecular flexibility index (Phi) is 7.54. The summed E-state index contributed by atoms with van der Waals surface area (Å²) in [5, 5.41) is 23.5. The summed E-state index contributed by atoms with van der Waals surface area (Å²) in [6, 6.07) is 16.0. The van der Waals surface area contributed by atoms with Crippen LogP contribution in [0.1, 0.15) is 16.7 Å². The molecule has 0 aromatic heterocycles. The Labute approximate surface area is 206 Å². The summed E-state index contributed by atoms with van der Waals surface area (Å²) in [7, 11) is -4.33. The van der Waals surface area contributed by atoms with Crippen LogP contribution in [0.25, 0.3) is 6.08 Å². The number of nitro benzene ring substituents is 1. The Morgan fingerprint density at radius 1 is 1.11 bits per heavy atom. The van der Waals surface area contributed by atoms with Crippen molar-refractivity contribution in [3.8, 4) is 11.8 Å². The zero-order chi connectivity index (χ0) is 25.8. The van der Waals surface area contributed by atoms with Gasteiger partial charge in [-0.2, -0.15) is 13.7 Å². The first-order valence-electron chi connectivity index (χ1n) is 9.99. The number of nitriles is 1. The van der Waals surface area contributed by atoms with Gasteiger partial charge in [0.25, 0.3) is 11.6 Å². The molecule has 3 rings (SSSR count). The van der Waals surface area contributed by atoms with Gasteiger partial charge < -0.3 is 9.50 Å². The van der Waals surface area contributed by atoms with Crippen LogP contribution in [-0.4, -0.2) is 19.2 Å². The smallest absolute Gasteiger partial charge is 0.339 e. The van der Waals surface area contributed by atoms with Crippen molar-refractivity contribution in [3.05, 3.63) is 98.1 Å². The van der Waals surface area contributed by atoms with Gasteiger partial charge in [-0.05, 0) is 55.3 Å². The molecule has 1 N–H and O–H groups in total. The molecule has 0 unspecified atom stereocenters.